The first kappa shape index (κ1) is 29.9. The molecule has 2 saturated heterocycles. The predicted octanol–water partition coefficient (Wildman–Crippen LogP) is 5.17. The van der Waals surface area contributed by atoms with Crippen LogP contribution in [0.25, 0.3) is 0 Å². The molecule has 5 rings (SSSR count). The first-order valence-corrected chi connectivity index (χ1v) is 14.0. The first-order chi connectivity index (χ1) is 20.3. The average molecular weight is 576 g/mol. The van der Waals surface area contributed by atoms with Gasteiger partial charge in [0.25, 0.3) is 0 Å². The molecule has 0 spiro atoms. The second-order valence-electron chi connectivity index (χ2n) is 10.8. The molecule has 0 amide bonds. The molecule has 9 heteroatoms. The maximum atomic E-state index is 12.4. The van der Waals surface area contributed by atoms with E-state index in [4.69, 9.17) is 33.3 Å². The van der Waals surface area contributed by atoms with Crippen LogP contribution in [-0.4, -0.2) is 54.8 Å². The van der Waals surface area contributed by atoms with Crippen LogP contribution in [0.2, 0.25) is 0 Å². The highest BCUT2D eigenvalue weighted by molar-refractivity contribution is 5.73. The van der Waals surface area contributed by atoms with Crippen LogP contribution in [-0.2, 0) is 57.9 Å². The van der Waals surface area contributed by atoms with Crippen LogP contribution in [0, 0.1) is 0 Å². The Bertz CT molecular complexity index is 1300. The summed E-state index contributed by atoms with van der Waals surface area (Å²) < 4.78 is 37.6. The van der Waals surface area contributed by atoms with Gasteiger partial charge >= 0.3 is 5.97 Å². The molecule has 2 aliphatic rings. The van der Waals surface area contributed by atoms with Gasteiger partial charge in [0, 0.05) is 6.92 Å². The maximum Gasteiger partial charge on any atom is 0.303 e. The van der Waals surface area contributed by atoms with E-state index < -0.39 is 42.0 Å². The molecule has 0 bridgehead atoms. The topological polar surface area (TPSA) is 94.0 Å². The summed E-state index contributed by atoms with van der Waals surface area (Å²) in [7, 11) is 0. The second kappa shape index (κ2) is 13.6. The number of hydrogen-bond donors (Lipinski definition) is 0. The third kappa shape index (κ3) is 7.42. The van der Waals surface area contributed by atoms with Crippen molar-refractivity contribution in [2.75, 3.05) is 6.61 Å². The van der Waals surface area contributed by atoms with Gasteiger partial charge in [-0.05, 0) is 30.5 Å². The van der Waals surface area contributed by atoms with Crippen LogP contribution < -0.4 is 0 Å². The van der Waals surface area contributed by atoms with Crippen LogP contribution in [0.1, 0.15) is 37.5 Å². The van der Waals surface area contributed by atoms with E-state index in [1.54, 1.807) is 0 Å². The highest BCUT2D eigenvalue weighted by Crippen LogP contribution is 2.46. The van der Waals surface area contributed by atoms with Gasteiger partial charge in [-0.3, -0.25) is 4.79 Å². The van der Waals surface area contributed by atoms with Gasteiger partial charge in [0.1, 0.15) is 18.8 Å². The summed E-state index contributed by atoms with van der Waals surface area (Å²) in [6.07, 6.45) is -1.81. The zero-order chi connectivity index (χ0) is 29.4. The van der Waals surface area contributed by atoms with Crippen molar-refractivity contribution in [1.29, 1.82) is 0 Å². The van der Waals surface area contributed by atoms with Crippen LogP contribution in [0.4, 0.5) is 0 Å². The zero-order valence-corrected chi connectivity index (χ0v) is 24.1. The van der Waals surface area contributed by atoms with Crippen molar-refractivity contribution >= 4 is 12.2 Å². The summed E-state index contributed by atoms with van der Waals surface area (Å²) in [5.41, 5.74) is 1.51. The van der Waals surface area contributed by atoms with E-state index in [-0.39, 0.29) is 19.8 Å². The number of esters is 1. The summed E-state index contributed by atoms with van der Waals surface area (Å²) in [5, 5.41) is 4.18. The number of nitrogens with zero attached hydrogens (tertiary/aromatic N) is 1. The number of carbonyl (C=O) groups excluding carboxylic acids is 1. The van der Waals surface area contributed by atoms with E-state index in [9.17, 15) is 4.79 Å². The molecule has 5 atom stereocenters. The third-order valence-electron chi connectivity index (χ3n) is 7.03. The van der Waals surface area contributed by atoms with Gasteiger partial charge in [0.15, 0.2) is 23.8 Å². The molecule has 0 saturated carbocycles. The van der Waals surface area contributed by atoms with E-state index in [1.165, 1.54) is 13.1 Å². The van der Waals surface area contributed by atoms with Gasteiger partial charge in [-0.25, -0.2) is 0 Å². The van der Waals surface area contributed by atoms with Gasteiger partial charge in [-0.15, -0.1) is 0 Å². The Hall–Kier alpha value is -3.60. The third-order valence-corrected chi connectivity index (χ3v) is 7.03. The highest BCUT2D eigenvalue weighted by atomic mass is 16.9. The van der Waals surface area contributed by atoms with Gasteiger partial charge in [0.2, 0.25) is 0 Å². The first-order valence-electron chi connectivity index (χ1n) is 14.0. The smallest absolute Gasteiger partial charge is 0.303 e. The number of ether oxygens (including phenoxy) is 6. The lowest BCUT2D eigenvalue weighted by molar-refractivity contribution is -0.269. The molecule has 0 aliphatic carbocycles. The van der Waals surface area contributed by atoms with Crippen LogP contribution in [0.15, 0.2) is 96.2 Å². The van der Waals surface area contributed by atoms with Crippen molar-refractivity contribution in [3.05, 3.63) is 108 Å². The average Bonchev–Trinajstić information content (AvgIpc) is 3.43. The van der Waals surface area contributed by atoms with Gasteiger partial charge in [-0.1, -0.05) is 96.2 Å². The number of oxime groups is 1. The van der Waals surface area contributed by atoms with Crippen molar-refractivity contribution in [2.24, 2.45) is 5.16 Å². The van der Waals surface area contributed by atoms with Crippen LogP contribution in [0.5, 0.6) is 0 Å². The van der Waals surface area contributed by atoms with Crippen molar-refractivity contribution in [3.63, 3.8) is 0 Å². The standard InChI is InChI=1S/C33H37NO8/c1-24(35)39-28(19-34-38-22-27-17-11-6-12-18-27)33(23-36-20-25-13-7-4-8-14-25)30(37-21-26-15-9-5-10-16-26)29-31(42-33)41-32(2,3)40-29/h4-19,28-31H,20-23H2,1-3H3/b34-19+/t28-,29-,30+,31+,33+/m1/s1. The molecule has 0 radical (unpaired) electrons. The van der Waals surface area contributed by atoms with Gasteiger partial charge in [-0.2, -0.15) is 0 Å². The Morgan fingerprint density at radius 1 is 0.833 bits per heavy atom. The molecule has 2 heterocycles. The molecule has 0 N–H and O–H groups in total. The van der Waals surface area contributed by atoms with E-state index in [2.05, 4.69) is 5.16 Å². The minimum Gasteiger partial charge on any atom is -0.453 e. The Morgan fingerprint density at radius 3 is 2.00 bits per heavy atom. The van der Waals surface area contributed by atoms with Crippen molar-refractivity contribution in [1.82, 2.24) is 0 Å². The minimum absolute atomic E-state index is 0.00977. The van der Waals surface area contributed by atoms with Gasteiger partial charge in [0.05, 0.1) is 26.0 Å². The van der Waals surface area contributed by atoms with Crippen molar-refractivity contribution in [2.45, 2.75) is 76.6 Å². The monoisotopic (exact) mass is 575 g/mol. The highest BCUT2D eigenvalue weighted by Gasteiger charge is 2.66. The summed E-state index contributed by atoms with van der Waals surface area (Å²) in [5.74, 6) is -1.42. The lowest BCUT2D eigenvalue weighted by Crippen LogP contribution is -2.59. The number of carbonyl (C=O) groups is 1. The number of rotatable bonds is 13. The summed E-state index contributed by atoms with van der Waals surface area (Å²) in [4.78, 5) is 18.0. The molecule has 9 nitrogen and oxygen atoms in total. The molecule has 3 aromatic rings. The second-order valence-corrected chi connectivity index (χ2v) is 10.8. The van der Waals surface area contributed by atoms with E-state index in [0.717, 1.165) is 16.7 Å². The minimum atomic E-state index is -1.37. The fourth-order valence-electron chi connectivity index (χ4n) is 5.16. The fourth-order valence-corrected chi connectivity index (χ4v) is 5.16. The lowest BCUT2D eigenvalue weighted by atomic mass is 9.89. The zero-order valence-electron chi connectivity index (χ0n) is 24.1. The Morgan fingerprint density at radius 2 is 1.40 bits per heavy atom. The van der Waals surface area contributed by atoms with Crippen LogP contribution >= 0.6 is 0 Å². The molecule has 0 aromatic heterocycles. The maximum absolute atomic E-state index is 12.4. The summed E-state index contributed by atoms with van der Waals surface area (Å²) in [6, 6.07) is 29.2. The van der Waals surface area contributed by atoms with Crippen molar-refractivity contribution in [3.8, 4) is 0 Å². The number of fused-ring (bicyclic) bond motifs is 1. The quantitative estimate of drug-likeness (QED) is 0.157. The molecular weight excluding hydrogens is 538 g/mol. The van der Waals surface area contributed by atoms with Crippen LogP contribution in [0.3, 0.4) is 0 Å². The lowest BCUT2D eigenvalue weighted by Gasteiger charge is -2.39. The summed E-state index contributed by atoms with van der Waals surface area (Å²) in [6.45, 7) is 5.76. The summed E-state index contributed by atoms with van der Waals surface area (Å²) >= 11 is 0. The predicted molar refractivity (Wildman–Crippen MR) is 154 cm³/mol. The van der Waals surface area contributed by atoms with E-state index in [1.807, 2.05) is 105 Å². The Balaban J connectivity index is 1.45. The molecule has 2 fully saturated rings. The van der Waals surface area contributed by atoms with E-state index >= 15 is 0 Å². The molecule has 3 aromatic carbocycles. The molecule has 42 heavy (non-hydrogen) atoms. The fraction of sp³-hybridized carbons (Fsp3) is 0.394. The molecule has 0 unspecified atom stereocenters. The molecule has 222 valence electrons. The number of hydrogen-bond acceptors (Lipinski definition) is 9. The largest absolute Gasteiger partial charge is 0.453 e. The van der Waals surface area contributed by atoms with E-state index in [0.29, 0.717) is 6.61 Å². The molecule has 2 aliphatic heterocycles. The molecular formula is C33H37NO8. The van der Waals surface area contributed by atoms with Crippen molar-refractivity contribution < 1.29 is 38.1 Å². The Labute approximate surface area is 246 Å². The van der Waals surface area contributed by atoms with Gasteiger partial charge < -0.3 is 33.3 Å². The Kier molecular flexibility index (Phi) is 9.66. The SMILES string of the molecule is CC(=O)O[C@H](/C=N/OCc1ccccc1)[C@]1(COCc2ccccc2)O[C@@H]2OC(C)(C)O[C@@H]2[C@@H]1OCc1ccccc1. The normalized spacial score (nSPS) is 25.3. The number of benzene rings is 3.